The second-order valence-electron chi connectivity index (χ2n) is 8.74. The van der Waals surface area contributed by atoms with Crippen molar-refractivity contribution in [3.63, 3.8) is 0 Å². The number of alkyl halides is 3. The van der Waals surface area contributed by atoms with Gasteiger partial charge in [-0.3, -0.25) is 0 Å². The number of rotatable bonds is 3. The van der Waals surface area contributed by atoms with E-state index in [1.165, 1.54) is 18.9 Å². The Bertz CT molecular complexity index is 913. The maximum absolute atomic E-state index is 15.0. The van der Waals surface area contributed by atoms with Crippen molar-refractivity contribution in [2.75, 3.05) is 0 Å². The van der Waals surface area contributed by atoms with Crippen LogP contribution in [0, 0.1) is 17.6 Å². The van der Waals surface area contributed by atoms with Crippen LogP contribution < -0.4 is 4.74 Å². The summed E-state index contributed by atoms with van der Waals surface area (Å²) in [6.45, 7) is 2.25. The molecule has 1 atom stereocenters. The van der Waals surface area contributed by atoms with E-state index in [-0.39, 0.29) is 23.7 Å². The van der Waals surface area contributed by atoms with E-state index in [0.29, 0.717) is 29.9 Å². The number of benzene rings is 2. The molecule has 0 amide bonds. The SMILES string of the molecule is CC1CCC(c2ccc(C3CCc4c(ccc(OC(F)(F)F)c4F)C3)c(F)c2)CC1. The number of halogens is 5. The monoisotopic (exact) mass is 424 g/mol. The van der Waals surface area contributed by atoms with Crippen LogP contribution in [0.3, 0.4) is 0 Å². The van der Waals surface area contributed by atoms with Crippen molar-refractivity contribution in [1.29, 1.82) is 0 Å². The fraction of sp³-hybridized carbons (Fsp3) is 0.500. The molecule has 162 valence electrons. The zero-order valence-electron chi connectivity index (χ0n) is 16.9. The third-order valence-corrected chi connectivity index (χ3v) is 6.69. The predicted octanol–water partition coefficient (Wildman–Crippen LogP) is 7.43. The van der Waals surface area contributed by atoms with E-state index in [4.69, 9.17) is 0 Å². The Balaban J connectivity index is 1.51. The van der Waals surface area contributed by atoms with E-state index in [1.54, 1.807) is 6.07 Å². The lowest BCUT2D eigenvalue weighted by Crippen LogP contribution is -2.20. The van der Waals surface area contributed by atoms with Gasteiger partial charge in [-0.05, 0) is 84.2 Å². The molecule has 0 spiro atoms. The maximum Gasteiger partial charge on any atom is 0.573 e. The van der Waals surface area contributed by atoms with Crippen LogP contribution in [-0.4, -0.2) is 6.36 Å². The summed E-state index contributed by atoms with van der Waals surface area (Å²) in [5, 5.41) is 0. The molecule has 2 aromatic carbocycles. The molecule has 1 fully saturated rings. The first-order valence-electron chi connectivity index (χ1n) is 10.6. The minimum atomic E-state index is -4.94. The topological polar surface area (TPSA) is 9.23 Å². The molecule has 0 heterocycles. The summed E-state index contributed by atoms with van der Waals surface area (Å²) < 4.78 is 70.5. The second kappa shape index (κ2) is 8.20. The minimum absolute atomic E-state index is 0.119. The van der Waals surface area contributed by atoms with E-state index >= 15 is 0 Å². The molecule has 4 rings (SSSR count). The molecular weight excluding hydrogens is 399 g/mol. The summed E-state index contributed by atoms with van der Waals surface area (Å²) in [4.78, 5) is 0. The second-order valence-corrected chi connectivity index (χ2v) is 8.74. The molecule has 0 N–H and O–H groups in total. The van der Waals surface area contributed by atoms with Gasteiger partial charge in [0, 0.05) is 0 Å². The summed E-state index contributed by atoms with van der Waals surface area (Å²) in [6.07, 6.45) is 0.692. The highest BCUT2D eigenvalue weighted by atomic mass is 19.4. The Labute approximate surface area is 173 Å². The van der Waals surface area contributed by atoms with Gasteiger partial charge in [0.1, 0.15) is 5.82 Å². The van der Waals surface area contributed by atoms with Crippen molar-refractivity contribution in [1.82, 2.24) is 0 Å². The van der Waals surface area contributed by atoms with E-state index < -0.39 is 17.9 Å². The van der Waals surface area contributed by atoms with Crippen molar-refractivity contribution in [3.8, 4) is 5.75 Å². The molecule has 2 aliphatic carbocycles. The van der Waals surface area contributed by atoms with Crippen molar-refractivity contribution >= 4 is 0 Å². The molecule has 0 aromatic heterocycles. The Morgan fingerprint density at radius 3 is 2.30 bits per heavy atom. The van der Waals surface area contributed by atoms with Crippen LogP contribution in [0.15, 0.2) is 30.3 Å². The first-order valence-corrected chi connectivity index (χ1v) is 10.6. The summed E-state index contributed by atoms with van der Waals surface area (Å²) in [5.41, 5.74) is 2.49. The summed E-state index contributed by atoms with van der Waals surface area (Å²) in [6, 6.07) is 7.96. The van der Waals surface area contributed by atoms with Crippen LogP contribution in [0.4, 0.5) is 22.0 Å². The number of fused-ring (bicyclic) bond motifs is 1. The van der Waals surface area contributed by atoms with Gasteiger partial charge in [0.25, 0.3) is 0 Å². The lowest BCUT2D eigenvalue weighted by molar-refractivity contribution is -0.275. The quantitative estimate of drug-likeness (QED) is 0.466. The van der Waals surface area contributed by atoms with Crippen LogP contribution >= 0.6 is 0 Å². The lowest BCUT2D eigenvalue weighted by Gasteiger charge is -2.28. The molecule has 2 aromatic rings. The highest BCUT2D eigenvalue weighted by molar-refractivity contribution is 5.42. The van der Waals surface area contributed by atoms with Gasteiger partial charge in [0.15, 0.2) is 11.6 Å². The van der Waals surface area contributed by atoms with Crippen LogP contribution in [0.5, 0.6) is 5.75 Å². The Hall–Kier alpha value is -2.11. The average molecular weight is 424 g/mol. The largest absolute Gasteiger partial charge is 0.573 e. The van der Waals surface area contributed by atoms with E-state index in [0.717, 1.165) is 30.4 Å². The van der Waals surface area contributed by atoms with Gasteiger partial charge in [0.2, 0.25) is 0 Å². The van der Waals surface area contributed by atoms with Gasteiger partial charge in [0.05, 0.1) is 0 Å². The number of hydrogen-bond acceptors (Lipinski definition) is 1. The van der Waals surface area contributed by atoms with E-state index in [9.17, 15) is 22.0 Å². The van der Waals surface area contributed by atoms with Crippen molar-refractivity contribution in [2.24, 2.45) is 5.92 Å². The Kier molecular flexibility index (Phi) is 5.78. The fourth-order valence-corrected chi connectivity index (χ4v) is 4.98. The van der Waals surface area contributed by atoms with Crippen molar-refractivity contribution < 1.29 is 26.7 Å². The van der Waals surface area contributed by atoms with Gasteiger partial charge in [-0.25, -0.2) is 8.78 Å². The third kappa shape index (κ3) is 4.47. The lowest BCUT2D eigenvalue weighted by atomic mass is 9.77. The third-order valence-electron chi connectivity index (χ3n) is 6.69. The van der Waals surface area contributed by atoms with E-state index in [2.05, 4.69) is 11.7 Å². The zero-order valence-corrected chi connectivity index (χ0v) is 16.9. The zero-order chi connectivity index (χ0) is 21.5. The van der Waals surface area contributed by atoms with Crippen LogP contribution in [0.1, 0.15) is 73.1 Å². The maximum atomic E-state index is 15.0. The van der Waals surface area contributed by atoms with Crippen molar-refractivity contribution in [2.45, 2.75) is 70.1 Å². The van der Waals surface area contributed by atoms with Crippen LogP contribution in [0.2, 0.25) is 0 Å². The van der Waals surface area contributed by atoms with Crippen LogP contribution in [0.25, 0.3) is 0 Å². The standard InChI is InChI=1S/C24H25F5O/c1-14-2-4-15(5-3-14)16-6-9-19(21(25)13-16)17-7-10-20-18(12-17)8-11-22(23(20)26)30-24(27,28)29/h6,8-9,11,13-15,17H,2-5,7,10,12H2,1H3. The normalized spacial score (nSPS) is 24.4. The summed E-state index contributed by atoms with van der Waals surface area (Å²) in [5.74, 6) is -1.00. The molecule has 1 saturated carbocycles. The summed E-state index contributed by atoms with van der Waals surface area (Å²) >= 11 is 0. The van der Waals surface area contributed by atoms with Gasteiger partial charge >= 0.3 is 6.36 Å². The molecule has 2 aliphatic rings. The molecule has 0 saturated heterocycles. The predicted molar refractivity (Wildman–Crippen MR) is 105 cm³/mol. The Morgan fingerprint density at radius 1 is 0.900 bits per heavy atom. The van der Waals surface area contributed by atoms with Gasteiger partial charge < -0.3 is 4.74 Å². The molecule has 1 nitrogen and oxygen atoms in total. The highest BCUT2D eigenvalue weighted by Gasteiger charge is 2.34. The van der Waals surface area contributed by atoms with Gasteiger partial charge in [-0.2, -0.15) is 0 Å². The first-order chi connectivity index (χ1) is 14.2. The molecule has 1 unspecified atom stereocenters. The first kappa shape index (κ1) is 21.1. The molecule has 0 radical (unpaired) electrons. The van der Waals surface area contributed by atoms with E-state index in [1.807, 2.05) is 12.1 Å². The van der Waals surface area contributed by atoms with Gasteiger partial charge in [-0.1, -0.05) is 38.0 Å². The smallest absolute Gasteiger partial charge is 0.403 e. The average Bonchev–Trinajstić information content (AvgIpc) is 2.69. The number of ether oxygens (including phenoxy) is 1. The fourth-order valence-electron chi connectivity index (χ4n) is 4.98. The van der Waals surface area contributed by atoms with Gasteiger partial charge in [-0.15, -0.1) is 13.2 Å². The van der Waals surface area contributed by atoms with Crippen LogP contribution in [-0.2, 0) is 12.8 Å². The molecular formula is C24H25F5O. The molecule has 30 heavy (non-hydrogen) atoms. The summed E-state index contributed by atoms with van der Waals surface area (Å²) in [7, 11) is 0. The number of hydrogen-bond donors (Lipinski definition) is 0. The van der Waals surface area contributed by atoms with Crippen molar-refractivity contribution in [3.05, 3.63) is 64.2 Å². The molecule has 6 heteroatoms. The Morgan fingerprint density at radius 2 is 1.63 bits per heavy atom. The molecule has 0 bridgehead atoms. The minimum Gasteiger partial charge on any atom is -0.403 e. The molecule has 0 aliphatic heterocycles. The highest BCUT2D eigenvalue weighted by Crippen LogP contribution is 2.40.